The first-order chi connectivity index (χ1) is 16.3. The fraction of sp³-hybridized carbons (Fsp3) is 0.182. The summed E-state index contributed by atoms with van der Waals surface area (Å²) in [7, 11) is 1.28. The van der Waals surface area contributed by atoms with Crippen LogP contribution in [-0.4, -0.2) is 62.1 Å². The Hall–Kier alpha value is -4.29. The lowest BCUT2D eigenvalue weighted by molar-refractivity contribution is -0.137. The number of aromatic nitrogens is 2. The summed E-state index contributed by atoms with van der Waals surface area (Å²) in [5.74, 6) is -3.33. The number of nitrogens with zero attached hydrogens (tertiary/aromatic N) is 3. The van der Waals surface area contributed by atoms with Crippen molar-refractivity contribution in [3.05, 3.63) is 69.1 Å². The number of hydrogen-bond acceptors (Lipinski definition) is 8. The fourth-order valence-electron chi connectivity index (χ4n) is 3.56. The summed E-state index contributed by atoms with van der Waals surface area (Å²) >= 11 is 0. The van der Waals surface area contributed by atoms with E-state index in [9.17, 15) is 34.1 Å². The lowest BCUT2D eigenvalue weighted by Crippen LogP contribution is -2.37. The maximum atomic E-state index is 13.3. The van der Waals surface area contributed by atoms with Crippen molar-refractivity contribution in [3.63, 3.8) is 0 Å². The van der Waals surface area contributed by atoms with Crippen LogP contribution in [0.3, 0.4) is 0 Å². The lowest BCUT2D eigenvalue weighted by atomic mass is 10.0. The second kappa shape index (κ2) is 8.92. The highest BCUT2D eigenvalue weighted by molar-refractivity contribution is 6.04. The van der Waals surface area contributed by atoms with Gasteiger partial charge in [0.2, 0.25) is 5.76 Å². The van der Waals surface area contributed by atoms with Crippen molar-refractivity contribution in [2.75, 3.05) is 20.5 Å². The highest BCUT2D eigenvalue weighted by Gasteiger charge is 2.31. The summed E-state index contributed by atoms with van der Waals surface area (Å²) in [5.41, 5.74) is -0.606. The van der Waals surface area contributed by atoms with Gasteiger partial charge in [-0.1, -0.05) is 12.1 Å². The van der Waals surface area contributed by atoms with Crippen LogP contribution in [0.25, 0.3) is 17.2 Å². The largest absolute Gasteiger partial charge is 0.505 e. The molecule has 0 unspecified atom stereocenters. The van der Waals surface area contributed by atoms with Crippen molar-refractivity contribution in [2.24, 2.45) is 0 Å². The molecule has 2 amide bonds. The smallest absolute Gasteiger partial charge is 0.294 e. The Morgan fingerprint density at radius 2 is 1.88 bits per heavy atom. The van der Waals surface area contributed by atoms with Gasteiger partial charge >= 0.3 is 0 Å². The molecule has 0 aliphatic carbocycles. The van der Waals surface area contributed by atoms with Crippen molar-refractivity contribution in [2.45, 2.75) is 6.42 Å². The van der Waals surface area contributed by atoms with Crippen molar-refractivity contribution >= 4 is 29.0 Å². The summed E-state index contributed by atoms with van der Waals surface area (Å²) in [6.45, 7) is -1.66. The van der Waals surface area contributed by atoms with Crippen LogP contribution in [0.2, 0.25) is 0 Å². The molecular weight excluding hydrogens is 451 g/mol. The molecule has 1 aliphatic heterocycles. The standard InChI is InChI=1S/C22H19FN4O7/c1-24-20(31)15-18(30)16-17-19(12(7-25-16)6-11-2-4-13(23)5-3-11)34-14(8-27(17)22(15)33)21(32)26(9-28)10-29/h2-5,7-8,28-30H,6,9-10H2,1H3,(H,24,31). The number of hydrogen-bond donors (Lipinski definition) is 4. The van der Waals surface area contributed by atoms with Crippen molar-refractivity contribution in [3.8, 4) is 11.5 Å². The first-order valence-corrected chi connectivity index (χ1v) is 9.96. The maximum absolute atomic E-state index is 13.3. The third-order valence-corrected chi connectivity index (χ3v) is 5.27. The SMILES string of the molecule is CNC(=O)c1c(O)c2ncc(Cc3ccc(F)cc3)c3c2n(c1=O)C=C(C(=O)N(CO)CO)O3. The molecule has 12 heteroatoms. The van der Waals surface area contributed by atoms with Crippen LogP contribution in [-0.2, 0) is 11.2 Å². The number of rotatable bonds is 6. The van der Waals surface area contributed by atoms with E-state index >= 15 is 0 Å². The zero-order chi connectivity index (χ0) is 24.6. The fourth-order valence-corrected chi connectivity index (χ4v) is 3.56. The number of halogens is 1. The molecule has 1 aromatic carbocycles. The molecule has 0 radical (unpaired) electrons. The Labute approximate surface area is 190 Å². The highest BCUT2D eigenvalue weighted by Crippen LogP contribution is 2.38. The zero-order valence-electron chi connectivity index (χ0n) is 17.8. The molecule has 0 fully saturated rings. The van der Waals surface area contributed by atoms with Crippen LogP contribution in [0.1, 0.15) is 21.5 Å². The molecule has 0 bridgehead atoms. The molecule has 2 aromatic heterocycles. The van der Waals surface area contributed by atoms with Gasteiger partial charge < -0.3 is 25.4 Å². The monoisotopic (exact) mass is 470 g/mol. The number of aromatic hydroxyl groups is 1. The molecule has 0 spiro atoms. The van der Waals surface area contributed by atoms with E-state index in [1.54, 1.807) is 0 Å². The third kappa shape index (κ3) is 3.74. The summed E-state index contributed by atoms with van der Waals surface area (Å²) < 4.78 is 20.0. The Balaban J connectivity index is 1.98. The van der Waals surface area contributed by atoms with Crippen LogP contribution in [0.4, 0.5) is 4.39 Å². The second-order valence-electron chi connectivity index (χ2n) is 7.31. The predicted molar refractivity (Wildman–Crippen MR) is 116 cm³/mol. The molecule has 34 heavy (non-hydrogen) atoms. The average molecular weight is 470 g/mol. The summed E-state index contributed by atoms with van der Waals surface area (Å²) in [4.78, 5) is 43.0. The van der Waals surface area contributed by atoms with Crippen LogP contribution in [0.15, 0.2) is 41.0 Å². The van der Waals surface area contributed by atoms with E-state index in [1.165, 1.54) is 37.5 Å². The number of carbonyl (C=O) groups excluding carboxylic acids is 2. The second-order valence-corrected chi connectivity index (χ2v) is 7.31. The molecule has 0 saturated heterocycles. The number of aliphatic hydroxyl groups excluding tert-OH is 2. The average Bonchev–Trinajstić information content (AvgIpc) is 2.84. The minimum absolute atomic E-state index is 0.00543. The van der Waals surface area contributed by atoms with Gasteiger partial charge in [0.25, 0.3) is 17.4 Å². The normalized spacial score (nSPS) is 12.2. The lowest BCUT2D eigenvalue weighted by Gasteiger charge is -2.25. The van der Waals surface area contributed by atoms with Gasteiger partial charge in [0.15, 0.2) is 11.5 Å². The summed E-state index contributed by atoms with van der Waals surface area (Å²) in [6, 6.07) is 5.61. The van der Waals surface area contributed by atoms with E-state index < -0.39 is 53.7 Å². The van der Waals surface area contributed by atoms with Crippen LogP contribution < -0.4 is 15.6 Å². The number of aliphatic hydroxyl groups is 2. The molecule has 176 valence electrons. The van der Waals surface area contributed by atoms with Gasteiger partial charge in [-0.15, -0.1) is 0 Å². The quantitative estimate of drug-likeness (QED) is 0.370. The van der Waals surface area contributed by atoms with Gasteiger partial charge in [0.05, 0.1) is 6.20 Å². The van der Waals surface area contributed by atoms with E-state index in [2.05, 4.69) is 10.3 Å². The van der Waals surface area contributed by atoms with Gasteiger partial charge in [-0.2, -0.15) is 0 Å². The number of ether oxygens (including phenoxy) is 1. The molecule has 4 rings (SSSR count). The topological polar surface area (TPSA) is 154 Å². The Morgan fingerprint density at radius 3 is 2.50 bits per heavy atom. The number of carbonyl (C=O) groups is 2. The number of nitrogens with one attached hydrogen (secondary N) is 1. The highest BCUT2D eigenvalue weighted by atomic mass is 19.1. The van der Waals surface area contributed by atoms with E-state index in [1.807, 2.05) is 0 Å². The predicted octanol–water partition coefficient (Wildman–Crippen LogP) is 0.111. The van der Waals surface area contributed by atoms with Gasteiger partial charge in [-0.05, 0) is 17.7 Å². The molecule has 0 saturated carbocycles. The Bertz CT molecular complexity index is 1400. The Morgan fingerprint density at radius 1 is 1.21 bits per heavy atom. The molecule has 4 N–H and O–H groups in total. The molecular formula is C22H19FN4O7. The number of benzene rings is 1. The van der Waals surface area contributed by atoms with E-state index in [0.717, 1.165) is 10.8 Å². The molecule has 3 aromatic rings. The molecule has 0 atom stereocenters. The number of pyridine rings is 2. The maximum Gasteiger partial charge on any atom is 0.294 e. The van der Waals surface area contributed by atoms with Gasteiger partial charge in [-0.25, -0.2) is 4.39 Å². The molecule has 11 nitrogen and oxygen atoms in total. The minimum atomic E-state index is -0.945. The first-order valence-electron chi connectivity index (χ1n) is 9.96. The van der Waals surface area contributed by atoms with Crippen LogP contribution in [0, 0.1) is 5.82 Å². The third-order valence-electron chi connectivity index (χ3n) is 5.27. The first kappa shape index (κ1) is 22.9. The summed E-state index contributed by atoms with van der Waals surface area (Å²) in [5, 5.41) is 31.6. The van der Waals surface area contributed by atoms with E-state index in [0.29, 0.717) is 16.0 Å². The van der Waals surface area contributed by atoms with Gasteiger partial charge in [0, 0.05) is 25.2 Å². The van der Waals surface area contributed by atoms with Crippen molar-refractivity contribution < 1.29 is 34.0 Å². The van der Waals surface area contributed by atoms with Crippen LogP contribution >= 0.6 is 0 Å². The minimum Gasteiger partial charge on any atom is -0.505 e. The van der Waals surface area contributed by atoms with Crippen molar-refractivity contribution in [1.82, 2.24) is 19.8 Å². The summed E-state index contributed by atoms with van der Waals surface area (Å²) in [6.07, 6.45) is 2.50. The van der Waals surface area contributed by atoms with E-state index in [-0.39, 0.29) is 23.2 Å². The molecule has 3 heterocycles. The van der Waals surface area contributed by atoms with E-state index in [4.69, 9.17) is 4.74 Å². The molecule has 1 aliphatic rings. The van der Waals surface area contributed by atoms with Gasteiger partial charge in [0.1, 0.15) is 35.9 Å². The Kier molecular flexibility index (Phi) is 6.01. The van der Waals surface area contributed by atoms with Gasteiger partial charge in [-0.3, -0.25) is 28.8 Å². The number of amides is 2. The van der Waals surface area contributed by atoms with Crippen LogP contribution in [0.5, 0.6) is 11.5 Å². The van der Waals surface area contributed by atoms with Crippen molar-refractivity contribution in [1.29, 1.82) is 0 Å². The zero-order valence-corrected chi connectivity index (χ0v) is 17.8.